The second kappa shape index (κ2) is 3.69. The zero-order chi connectivity index (χ0) is 11.9. The molecule has 88 valence electrons. The van der Waals surface area contributed by atoms with Crippen molar-refractivity contribution in [3.63, 3.8) is 0 Å². The Morgan fingerprint density at radius 2 is 2.00 bits per heavy atom. The monoisotopic (exact) mass is 246 g/mol. The Bertz CT molecular complexity index is 527. The smallest absolute Gasteiger partial charge is 0.327 e. The van der Waals surface area contributed by atoms with Crippen molar-refractivity contribution in [1.29, 1.82) is 0 Å². The molecule has 2 rings (SSSR count). The van der Waals surface area contributed by atoms with Crippen molar-refractivity contribution in [2.24, 2.45) is 0 Å². The quantitative estimate of drug-likeness (QED) is 0.449. The molecule has 1 heterocycles. The molecule has 0 aromatic heterocycles. The van der Waals surface area contributed by atoms with E-state index in [1.165, 1.54) is 0 Å². The molecule has 0 saturated carbocycles. The molecular formula is C8H11N2O5P. The Hall–Kier alpha value is -1.17. The number of hydrogen-bond donors (Lipinski definition) is 3. The maximum Gasteiger partial charge on any atom is 0.327 e. The van der Waals surface area contributed by atoms with E-state index in [2.05, 4.69) is 5.32 Å². The fraction of sp³-hybridized carbons (Fsp3) is 0.500. The van der Waals surface area contributed by atoms with E-state index in [1.807, 2.05) is 0 Å². The third-order valence-corrected chi connectivity index (χ3v) is 3.33. The molecule has 3 N–H and O–H groups in total. The van der Waals surface area contributed by atoms with E-state index >= 15 is 0 Å². The molecule has 1 aromatic rings. The number of anilines is 2. The van der Waals surface area contributed by atoms with E-state index in [0.29, 0.717) is 13.1 Å². The predicted molar refractivity (Wildman–Crippen MR) is 59.0 cm³/mol. The lowest BCUT2D eigenvalue weighted by Crippen LogP contribution is -2.49. The number of nitrogens with one attached hydrogen (secondary N) is 1. The van der Waals surface area contributed by atoms with Gasteiger partial charge in [0.05, 0.1) is 6.16 Å². The molecular weight excluding hydrogens is 235 g/mol. The molecule has 1 aliphatic rings. The summed E-state index contributed by atoms with van der Waals surface area (Å²) in [6.45, 7) is 1.06. The van der Waals surface area contributed by atoms with Gasteiger partial charge >= 0.3 is 7.60 Å². The highest BCUT2D eigenvalue weighted by molar-refractivity contribution is 7.51. The number of hydrogen-bond acceptors (Lipinski definition) is 5. The summed E-state index contributed by atoms with van der Waals surface area (Å²) in [5.41, 5.74) is -0.574. The van der Waals surface area contributed by atoms with E-state index in [1.54, 1.807) is 4.90 Å². The van der Waals surface area contributed by atoms with Gasteiger partial charge in [-0.3, -0.25) is 14.2 Å². The lowest BCUT2D eigenvalue weighted by molar-refractivity contribution is 0.373. The first kappa shape index (κ1) is 11.3. The highest BCUT2D eigenvalue weighted by Gasteiger charge is 2.29. The number of rotatable bonds is 3. The van der Waals surface area contributed by atoms with Crippen molar-refractivity contribution < 1.29 is 14.4 Å². The summed E-state index contributed by atoms with van der Waals surface area (Å²) in [5.74, 6) is 0. The molecule has 0 unspecified atom stereocenters. The minimum absolute atomic E-state index is 0.0871. The van der Waals surface area contributed by atoms with Crippen molar-refractivity contribution in [3.05, 3.63) is 20.4 Å². The topological polar surface area (TPSA) is 107 Å². The van der Waals surface area contributed by atoms with Gasteiger partial charge in [0.1, 0.15) is 11.4 Å². The Labute approximate surface area is 90.5 Å². The largest absolute Gasteiger partial charge is 0.378 e. The van der Waals surface area contributed by atoms with Crippen LogP contribution in [-0.2, 0) is 4.57 Å². The van der Waals surface area contributed by atoms with Crippen LogP contribution >= 0.6 is 7.60 Å². The molecule has 0 fully saturated rings. The van der Waals surface area contributed by atoms with Crippen molar-refractivity contribution in [1.82, 2.24) is 0 Å². The molecule has 1 aromatic carbocycles. The molecule has 1 aliphatic heterocycles. The Morgan fingerprint density at radius 3 is 2.62 bits per heavy atom. The molecule has 0 radical (unpaired) electrons. The molecule has 16 heavy (non-hydrogen) atoms. The lowest BCUT2D eigenvalue weighted by atomic mass is 10.1. The first-order chi connectivity index (χ1) is 7.40. The summed E-state index contributed by atoms with van der Waals surface area (Å²) in [7, 11) is -4.07. The summed E-state index contributed by atoms with van der Waals surface area (Å²) >= 11 is 0. The zero-order valence-corrected chi connectivity index (χ0v) is 9.24. The molecule has 0 aliphatic carbocycles. The van der Waals surface area contributed by atoms with Gasteiger partial charge in [-0.15, -0.1) is 0 Å². The first-order valence-electron chi connectivity index (χ1n) is 4.77. The van der Waals surface area contributed by atoms with E-state index < -0.39 is 18.5 Å². The van der Waals surface area contributed by atoms with Crippen LogP contribution in [0.25, 0.3) is 0 Å². The zero-order valence-electron chi connectivity index (χ0n) is 8.34. The van der Waals surface area contributed by atoms with Crippen LogP contribution in [0.1, 0.15) is 0 Å². The highest BCUT2D eigenvalue weighted by Crippen LogP contribution is 2.34. The highest BCUT2D eigenvalue weighted by atomic mass is 31.2. The van der Waals surface area contributed by atoms with Crippen LogP contribution in [0.15, 0.2) is 9.59 Å². The fourth-order valence-corrected chi connectivity index (χ4v) is 2.25. The van der Waals surface area contributed by atoms with Gasteiger partial charge in [-0.05, 0) is 0 Å². The lowest BCUT2D eigenvalue weighted by Gasteiger charge is -2.32. The summed E-state index contributed by atoms with van der Waals surface area (Å²) < 4.78 is 10.7. The van der Waals surface area contributed by atoms with Gasteiger partial charge in [0.2, 0.25) is 0 Å². The van der Waals surface area contributed by atoms with Gasteiger partial charge in [-0.25, -0.2) is 0 Å². The second-order valence-electron chi connectivity index (χ2n) is 3.68. The standard InChI is InChI=1S/C8H11N2O5P/c11-7-5-6(8(7)12)10(2-1-9-5)3-4-16(13,14)15/h9H,1-4H2,(H2,13,14,15). The number of nitrogens with zero attached hydrogens (tertiary/aromatic N) is 1. The van der Waals surface area contributed by atoms with E-state index in [4.69, 9.17) is 9.79 Å². The van der Waals surface area contributed by atoms with Crippen molar-refractivity contribution in [2.75, 3.05) is 36.0 Å². The predicted octanol–water partition coefficient (Wildman–Crippen LogP) is -1.31. The molecule has 8 heteroatoms. The van der Waals surface area contributed by atoms with Crippen LogP contribution in [0.5, 0.6) is 0 Å². The normalized spacial score (nSPS) is 16.0. The van der Waals surface area contributed by atoms with Crippen LogP contribution in [-0.4, -0.2) is 35.6 Å². The summed E-state index contributed by atoms with van der Waals surface area (Å²) in [6.07, 6.45) is -0.314. The van der Waals surface area contributed by atoms with E-state index in [9.17, 15) is 14.2 Å². The molecule has 0 amide bonds. The Balaban J connectivity index is 2.15. The van der Waals surface area contributed by atoms with Gasteiger partial charge in [-0.2, -0.15) is 0 Å². The van der Waals surface area contributed by atoms with E-state index in [0.717, 1.165) is 0 Å². The van der Waals surface area contributed by atoms with Crippen LogP contribution in [0.2, 0.25) is 0 Å². The molecule has 0 saturated heterocycles. The maximum atomic E-state index is 11.2. The van der Waals surface area contributed by atoms with Gasteiger partial charge < -0.3 is 20.0 Å². The van der Waals surface area contributed by atoms with Gasteiger partial charge in [-0.1, -0.05) is 0 Å². The molecule has 0 atom stereocenters. The van der Waals surface area contributed by atoms with Crippen molar-refractivity contribution >= 4 is 19.0 Å². The minimum atomic E-state index is -4.07. The van der Waals surface area contributed by atoms with Crippen molar-refractivity contribution in [3.8, 4) is 0 Å². The summed E-state index contributed by atoms with van der Waals surface area (Å²) in [5, 5.41) is 2.80. The average Bonchev–Trinajstić information content (AvgIpc) is 2.23. The Morgan fingerprint density at radius 1 is 1.31 bits per heavy atom. The molecule has 7 nitrogen and oxygen atoms in total. The third kappa shape index (κ3) is 1.89. The van der Waals surface area contributed by atoms with Crippen LogP contribution < -0.4 is 21.1 Å². The summed E-state index contributed by atoms with van der Waals surface area (Å²) in [4.78, 5) is 41.4. The van der Waals surface area contributed by atoms with Crippen LogP contribution in [0.3, 0.4) is 0 Å². The number of fused-ring (bicyclic) bond motifs is 1. The maximum absolute atomic E-state index is 11.2. The van der Waals surface area contributed by atoms with Gasteiger partial charge in [0.15, 0.2) is 0 Å². The second-order valence-corrected chi connectivity index (χ2v) is 5.46. The minimum Gasteiger partial charge on any atom is -0.378 e. The van der Waals surface area contributed by atoms with Gasteiger partial charge in [0, 0.05) is 19.6 Å². The fourth-order valence-electron chi connectivity index (χ4n) is 1.75. The first-order valence-corrected chi connectivity index (χ1v) is 6.56. The summed E-state index contributed by atoms with van der Waals surface area (Å²) in [6, 6.07) is 0. The molecule has 0 bridgehead atoms. The van der Waals surface area contributed by atoms with E-state index in [-0.39, 0.29) is 24.1 Å². The van der Waals surface area contributed by atoms with Gasteiger partial charge in [0.25, 0.3) is 10.9 Å². The average molecular weight is 246 g/mol. The third-order valence-electron chi connectivity index (χ3n) is 2.55. The SMILES string of the molecule is O=c1c2c(c1=O)N(CCP(=O)(O)O)CCN2. The van der Waals surface area contributed by atoms with Crippen LogP contribution in [0.4, 0.5) is 11.4 Å². The molecule has 0 spiro atoms. The van der Waals surface area contributed by atoms with Crippen LogP contribution in [0, 0.1) is 0 Å². The van der Waals surface area contributed by atoms with Crippen molar-refractivity contribution in [2.45, 2.75) is 0 Å². The Kier molecular flexibility index (Phi) is 2.61.